The fraction of sp³-hybridized carbons (Fsp3) is 0.714. The first kappa shape index (κ1) is 18.2. The van der Waals surface area contributed by atoms with Crippen molar-refractivity contribution >= 4 is 10.0 Å². The topological polar surface area (TPSA) is 80.4 Å². The summed E-state index contributed by atoms with van der Waals surface area (Å²) >= 11 is 0. The van der Waals surface area contributed by atoms with Crippen LogP contribution in [0.1, 0.15) is 39.4 Å². The van der Waals surface area contributed by atoms with E-state index in [1.54, 1.807) is 12.3 Å². The van der Waals surface area contributed by atoms with E-state index in [4.69, 9.17) is 5.73 Å². The summed E-state index contributed by atoms with van der Waals surface area (Å²) in [5, 5.41) is 0. The molecule has 122 valence electrons. The Bertz CT molecular complexity index is 533. The lowest BCUT2D eigenvalue weighted by molar-refractivity contribution is 0.309. The van der Waals surface area contributed by atoms with Gasteiger partial charge in [-0.25, -0.2) is 13.1 Å². The van der Waals surface area contributed by atoms with Crippen LogP contribution in [0.5, 0.6) is 0 Å². The van der Waals surface area contributed by atoms with Crippen molar-refractivity contribution in [1.29, 1.82) is 0 Å². The van der Waals surface area contributed by atoms with Crippen LogP contribution in [0.25, 0.3) is 0 Å². The zero-order valence-electron chi connectivity index (χ0n) is 13.5. The van der Waals surface area contributed by atoms with Gasteiger partial charge >= 0.3 is 0 Å². The van der Waals surface area contributed by atoms with Gasteiger partial charge in [0.1, 0.15) is 0 Å². The molecule has 0 aliphatic rings. The number of nitrogens with zero attached hydrogens (tertiary/aromatic N) is 2. The van der Waals surface area contributed by atoms with Gasteiger partial charge in [0.25, 0.3) is 0 Å². The first-order valence-electron chi connectivity index (χ1n) is 7.48. The molecule has 0 fully saturated rings. The van der Waals surface area contributed by atoms with Gasteiger partial charge in [0.05, 0.1) is 4.90 Å². The second-order valence-corrected chi connectivity index (χ2v) is 7.06. The standard InChI is InChI=1S/C14H28N4O2S/c1-5-17(6-2)8-7-16-21(19,20)14-9-13(10-15)18(11-14)12(3)4/h9,11-12,16H,5-8,10,15H2,1-4H3. The molecule has 0 saturated carbocycles. The fourth-order valence-corrected chi connectivity index (χ4v) is 3.32. The van der Waals surface area contributed by atoms with Gasteiger partial charge in [-0.2, -0.15) is 0 Å². The lowest BCUT2D eigenvalue weighted by atomic mass is 10.3. The minimum Gasteiger partial charge on any atom is -0.346 e. The second-order valence-electron chi connectivity index (χ2n) is 5.30. The molecule has 7 heteroatoms. The highest BCUT2D eigenvalue weighted by Crippen LogP contribution is 2.18. The van der Waals surface area contributed by atoms with Gasteiger partial charge in [0.2, 0.25) is 10.0 Å². The van der Waals surface area contributed by atoms with Crippen LogP contribution in [0.4, 0.5) is 0 Å². The highest BCUT2D eigenvalue weighted by atomic mass is 32.2. The Morgan fingerprint density at radius 2 is 1.95 bits per heavy atom. The summed E-state index contributed by atoms with van der Waals surface area (Å²) in [6, 6.07) is 1.84. The second kappa shape index (κ2) is 7.93. The van der Waals surface area contributed by atoms with E-state index < -0.39 is 10.0 Å². The number of rotatable bonds is 9. The predicted molar refractivity (Wildman–Crippen MR) is 85.7 cm³/mol. The molecule has 3 N–H and O–H groups in total. The molecule has 0 aliphatic carbocycles. The maximum atomic E-state index is 12.3. The molecule has 0 aromatic carbocycles. The number of nitrogens with two attached hydrogens (primary N) is 1. The van der Waals surface area contributed by atoms with Gasteiger partial charge in [-0.3, -0.25) is 0 Å². The molecule has 0 unspecified atom stereocenters. The predicted octanol–water partition coefficient (Wildman–Crippen LogP) is 1.15. The van der Waals surface area contributed by atoms with E-state index in [0.29, 0.717) is 19.6 Å². The summed E-state index contributed by atoms with van der Waals surface area (Å²) < 4.78 is 29.2. The quantitative estimate of drug-likeness (QED) is 0.716. The van der Waals surface area contributed by atoms with Gasteiger partial charge in [-0.05, 0) is 33.0 Å². The third-order valence-electron chi connectivity index (χ3n) is 3.60. The van der Waals surface area contributed by atoms with E-state index in [1.165, 1.54) is 0 Å². The van der Waals surface area contributed by atoms with Crippen LogP contribution in [-0.2, 0) is 16.6 Å². The smallest absolute Gasteiger partial charge is 0.242 e. The molecule has 0 bridgehead atoms. The van der Waals surface area contributed by atoms with Crippen molar-refractivity contribution in [2.24, 2.45) is 5.73 Å². The molecule has 1 aromatic rings. The highest BCUT2D eigenvalue weighted by molar-refractivity contribution is 7.89. The molecule has 0 saturated heterocycles. The summed E-state index contributed by atoms with van der Waals surface area (Å²) in [5.74, 6) is 0. The van der Waals surface area contributed by atoms with E-state index in [1.807, 2.05) is 18.4 Å². The van der Waals surface area contributed by atoms with Crippen LogP contribution in [0.3, 0.4) is 0 Å². The molecule has 1 rings (SSSR count). The van der Waals surface area contributed by atoms with Crippen molar-refractivity contribution in [2.75, 3.05) is 26.2 Å². The minimum absolute atomic E-state index is 0.183. The lowest BCUT2D eigenvalue weighted by Gasteiger charge is -2.17. The largest absolute Gasteiger partial charge is 0.346 e. The maximum Gasteiger partial charge on any atom is 0.242 e. The Morgan fingerprint density at radius 3 is 2.38 bits per heavy atom. The summed E-state index contributed by atoms with van der Waals surface area (Å²) in [6.45, 7) is 11.4. The van der Waals surface area contributed by atoms with E-state index in [-0.39, 0.29) is 10.9 Å². The SMILES string of the molecule is CCN(CC)CCNS(=O)(=O)c1cc(CN)n(C(C)C)c1. The fourth-order valence-electron chi connectivity index (χ4n) is 2.25. The molecule has 6 nitrogen and oxygen atoms in total. The molecular weight excluding hydrogens is 288 g/mol. The van der Waals surface area contributed by atoms with Gasteiger partial charge < -0.3 is 15.2 Å². The first-order chi connectivity index (χ1) is 9.85. The van der Waals surface area contributed by atoms with E-state index >= 15 is 0 Å². The van der Waals surface area contributed by atoms with Gasteiger partial charge in [0.15, 0.2) is 0 Å². The average molecular weight is 316 g/mol. The Kier molecular flexibility index (Phi) is 6.86. The van der Waals surface area contributed by atoms with Gasteiger partial charge in [-0.15, -0.1) is 0 Å². The summed E-state index contributed by atoms with van der Waals surface area (Å²) in [4.78, 5) is 2.46. The molecule has 0 spiro atoms. The Labute approximate surface area is 128 Å². The van der Waals surface area contributed by atoms with Crippen molar-refractivity contribution < 1.29 is 8.42 Å². The Hall–Kier alpha value is -0.890. The van der Waals surface area contributed by atoms with E-state index in [9.17, 15) is 8.42 Å². The van der Waals surface area contributed by atoms with Crippen molar-refractivity contribution in [3.05, 3.63) is 18.0 Å². The number of aromatic nitrogens is 1. The maximum absolute atomic E-state index is 12.3. The molecule has 21 heavy (non-hydrogen) atoms. The molecular formula is C14H28N4O2S. The number of sulfonamides is 1. The minimum atomic E-state index is -3.47. The van der Waals surface area contributed by atoms with Crippen LogP contribution >= 0.6 is 0 Å². The molecule has 0 radical (unpaired) electrons. The Balaban J connectivity index is 2.79. The normalized spacial score (nSPS) is 12.5. The zero-order chi connectivity index (χ0) is 16.0. The number of hydrogen-bond acceptors (Lipinski definition) is 4. The molecule has 0 atom stereocenters. The van der Waals surface area contributed by atoms with Crippen molar-refractivity contribution in [3.8, 4) is 0 Å². The summed E-state index contributed by atoms with van der Waals surface area (Å²) in [5.41, 5.74) is 6.51. The third kappa shape index (κ3) is 4.81. The highest BCUT2D eigenvalue weighted by Gasteiger charge is 2.18. The van der Waals surface area contributed by atoms with Gasteiger partial charge in [0, 0.05) is 37.6 Å². The number of nitrogens with one attached hydrogen (secondary N) is 1. The lowest BCUT2D eigenvalue weighted by Crippen LogP contribution is -2.34. The first-order valence-corrected chi connectivity index (χ1v) is 8.96. The van der Waals surface area contributed by atoms with Crippen molar-refractivity contribution in [2.45, 2.75) is 45.2 Å². The Morgan fingerprint density at radius 1 is 1.33 bits per heavy atom. The monoisotopic (exact) mass is 316 g/mol. The molecule has 1 heterocycles. The van der Waals surface area contributed by atoms with Crippen LogP contribution in [0, 0.1) is 0 Å². The van der Waals surface area contributed by atoms with Crippen molar-refractivity contribution in [3.63, 3.8) is 0 Å². The average Bonchev–Trinajstić information content (AvgIpc) is 2.89. The van der Waals surface area contributed by atoms with Crippen LogP contribution < -0.4 is 10.5 Å². The molecule has 0 amide bonds. The van der Waals surface area contributed by atoms with E-state index in [0.717, 1.165) is 18.8 Å². The zero-order valence-corrected chi connectivity index (χ0v) is 14.3. The molecule has 1 aromatic heterocycles. The molecule has 0 aliphatic heterocycles. The summed E-state index contributed by atoms with van der Waals surface area (Å²) in [7, 11) is -3.47. The van der Waals surface area contributed by atoms with E-state index in [2.05, 4.69) is 23.5 Å². The summed E-state index contributed by atoms with van der Waals surface area (Å²) in [6.07, 6.45) is 1.66. The number of likely N-dealkylation sites (N-methyl/N-ethyl adjacent to an activating group) is 1. The van der Waals surface area contributed by atoms with Crippen LogP contribution in [0.2, 0.25) is 0 Å². The number of hydrogen-bond donors (Lipinski definition) is 2. The van der Waals surface area contributed by atoms with Gasteiger partial charge in [-0.1, -0.05) is 13.8 Å². The van der Waals surface area contributed by atoms with Crippen molar-refractivity contribution in [1.82, 2.24) is 14.2 Å². The van der Waals surface area contributed by atoms with Crippen LogP contribution in [0.15, 0.2) is 17.2 Å². The van der Waals surface area contributed by atoms with Crippen LogP contribution in [-0.4, -0.2) is 44.1 Å². The third-order valence-corrected chi connectivity index (χ3v) is 5.03.